The Bertz CT molecular complexity index is 686. The van der Waals surface area contributed by atoms with Gasteiger partial charge in [0.05, 0.1) is 12.0 Å². The molecule has 6 atom stereocenters. The highest BCUT2D eigenvalue weighted by Crippen LogP contribution is 2.68. The first-order valence-corrected chi connectivity index (χ1v) is 10.3. The van der Waals surface area contributed by atoms with Gasteiger partial charge in [0.15, 0.2) is 0 Å². The van der Waals surface area contributed by atoms with Crippen molar-refractivity contribution in [3.63, 3.8) is 0 Å². The van der Waals surface area contributed by atoms with Gasteiger partial charge in [-0.3, -0.25) is 4.79 Å². The second kappa shape index (κ2) is 6.78. The van der Waals surface area contributed by atoms with Gasteiger partial charge in [0.1, 0.15) is 17.7 Å². The molecule has 0 aliphatic heterocycles. The molecule has 3 saturated carbocycles. The lowest BCUT2D eigenvalue weighted by Crippen LogP contribution is -2.64. The zero-order valence-electron chi connectivity index (χ0n) is 15.6. The first-order chi connectivity index (χ1) is 12.3. The van der Waals surface area contributed by atoms with Crippen molar-refractivity contribution in [2.75, 3.05) is 5.75 Å². The molecule has 0 heterocycles. The number of nitriles is 1. The Kier molecular flexibility index (Phi) is 5.11. The molecule has 142 valence electrons. The van der Waals surface area contributed by atoms with Crippen molar-refractivity contribution in [3.8, 4) is 6.07 Å². The molecule has 0 aromatic heterocycles. The molecule has 3 aliphatic carbocycles. The number of fused-ring (bicyclic) bond motifs is 3. The summed E-state index contributed by atoms with van der Waals surface area (Å²) in [5.74, 6) is -0.175. The molecule has 26 heavy (non-hydrogen) atoms. The van der Waals surface area contributed by atoms with Crippen molar-refractivity contribution in [3.05, 3.63) is 11.6 Å². The molecule has 0 bridgehead atoms. The van der Waals surface area contributed by atoms with Gasteiger partial charge in [0.25, 0.3) is 0 Å². The maximum absolute atomic E-state index is 16.7. The van der Waals surface area contributed by atoms with Gasteiger partial charge < -0.3 is 4.79 Å². The molecule has 0 aromatic carbocycles. The Morgan fingerprint density at radius 1 is 1.38 bits per heavy atom. The maximum Gasteiger partial charge on any atom is 0.140 e. The summed E-state index contributed by atoms with van der Waals surface area (Å²) in [6, 6.07) is 2.08. The first kappa shape index (κ1) is 19.6. The van der Waals surface area contributed by atoms with Gasteiger partial charge in [0, 0.05) is 30.3 Å². The average molecular weight is 378 g/mol. The van der Waals surface area contributed by atoms with Crippen LogP contribution in [0.25, 0.3) is 0 Å². The van der Waals surface area contributed by atoms with Crippen LogP contribution in [0.3, 0.4) is 0 Å². The molecule has 5 heteroatoms. The van der Waals surface area contributed by atoms with Crippen molar-refractivity contribution >= 4 is 24.7 Å². The summed E-state index contributed by atoms with van der Waals surface area (Å²) in [6.07, 6.45) is 6.06. The number of carbonyl (C=O) groups is 2. The highest BCUT2D eigenvalue weighted by molar-refractivity contribution is 7.80. The zero-order chi connectivity index (χ0) is 19.2. The number of thiol groups is 1. The maximum atomic E-state index is 16.7. The van der Waals surface area contributed by atoms with E-state index in [0.29, 0.717) is 50.7 Å². The Morgan fingerprint density at radius 2 is 2.12 bits per heavy atom. The van der Waals surface area contributed by atoms with Crippen molar-refractivity contribution in [1.82, 2.24) is 0 Å². The number of allylic oxidation sites excluding steroid dienone is 2. The van der Waals surface area contributed by atoms with E-state index in [-0.39, 0.29) is 17.6 Å². The summed E-state index contributed by atoms with van der Waals surface area (Å²) in [6.45, 7) is 3.97. The fourth-order valence-electron chi connectivity index (χ4n) is 6.60. The molecule has 3 nitrogen and oxygen atoms in total. The second-order valence-electron chi connectivity index (χ2n) is 8.94. The quantitative estimate of drug-likeness (QED) is 0.447. The van der Waals surface area contributed by atoms with E-state index >= 15 is 4.39 Å². The molecule has 0 radical (unpaired) electrons. The summed E-state index contributed by atoms with van der Waals surface area (Å²) >= 11 is 4.48. The molecule has 0 aromatic rings. The van der Waals surface area contributed by atoms with Gasteiger partial charge in [0.2, 0.25) is 0 Å². The zero-order valence-corrected chi connectivity index (χ0v) is 16.5. The third-order valence-electron chi connectivity index (χ3n) is 7.86. The normalized spacial score (nSPS) is 46.5. The van der Waals surface area contributed by atoms with Crippen LogP contribution in [0, 0.1) is 39.9 Å². The summed E-state index contributed by atoms with van der Waals surface area (Å²) in [4.78, 5) is 24.3. The van der Waals surface area contributed by atoms with Crippen LogP contribution in [0.15, 0.2) is 11.6 Å². The number of nitrogens with zero attached hydrogens (tertiary/aromatic N) is 1. The predicted octanol–water partition coefficient (Wildman–Crippen LogP) is 4.48. The number of ketones is 1. The highest BCUT2D eigenvalue weighted by atomic mass is 32.1. The molecule has 0 amide bonds. The molecule has 3 aliphatic rings. The van der Waals surface area contributed by atoms with Crippen molar-refractivity contribution < 1.29 is 14.0 Å². The molecule has 0 N–H and O–H groups in total. The van der Waals surface area contributed by atoms with Crippen molar-refractivity contribution in [2.45, 2.75) is 64.5 Å². The molecule has 5 unspecified atom stereocenters. The Morgan fingerprint density at radius 3 is 2.73 bits per heavy atom. The van der Waals surface area contributed by atoms with Crippen LogP contribution >= 0.6 is 12.6 Å². The summed E-state index contributed by atoms with van der Waals surface area (Å²) in [5, 5.41) is 9.09. The number of carbonyl (C=O) groups excluding carboxylic acids is 2. The largest absolute Gasteiger partial charge is 0.303 e. The van der Waals surface area contributed by atoms with E-state index in [1.807, 2.05) is 13.8 Å². The first-order valence-electron chi connectivity index (χ1n) is 9.63. The summed E-state index contributed by atoms with van der Waals surface area (Å²) < 4.78 is 16.7. The van der Waals surface area contributed by atoms with Crippen LogP contribution < -0.4 is 0 Å². The van der Waals surface area contributed by atoms with Crippen molar-refractivity contribution in [1.29, 1.82) is 5.26 Å². The lowest BCUT2D eigenvalue weighted by Gasteiger charge is -2.60. The Labute approximate surface area is 160 Å². The fourth-order valence-corrected chi connectivity index (χ4v) is 7.20. The number of aldehydes is 1. The van der Waals surface area contributed by atoms with Gasteiger partial charge >= 0.3 is 0 Å². The number of hydrogen-bond donors (Lipinski definition) is 1. The van der Waals surface area contributed by atoms with Crippen LogP contribution in [0.5, 0.6) is 0 Å². The number of Topliss-reactive ketones (excluding diaryl/α,β-unsaturated/α-hetero) is 1. The summed E-state index contributed by atoms with van der Waals surface area (Å²) in [7, 11) is 0. The van der Waals surface area contributed by atoms with Gasteiger partial charge in [-0.2, -0.15) is 17.9 Å². The number of alkyl halides is 1. The lowest BCUT2D eigenvalue weighted by molar-refractivity contribution is -0.176. The minimum atomic E-state index is -1.55. The van der Waals surface area contributed by atoms with Crippen LogP contribution in [-0.4, -0.2) is 23.5 Å². The van der Waals surface area contributed by atoms with E-state index in [0.717, 1.165) is 11.9 Å². The Balaban J connectivity index is 2.07. The Hall–Kier alpha value is -1.15. The van der Waals surface area contributed by atoms with E-state index < -0.39 is 22.4 Å². The fraction of sp³-hybridized carbons (Fsp3) is 0.762. The van der Waals surface area contributed by atoms with Crippen LogP contribution in [0.2, 0.25) is 0 Å². The summed E-state index contributed by atoms with van der Waals surface area (Å²) in [5.41, 5.74) is -1.70. The van der Waals surface area contributed by atoms with E-state index in [2.05, 4.69) is 18.7 Å². The van der Waals surface area contributed by atoms with Crippen LogP contribution in [-0.2, 0) is 9.59 Å². The van der Waals surface area contributed by atoms with Gasteiger partial charge in [-0.05, 0) is 49.2 Å². The minimum absolute atomic E-state index is 0.0307. The minimum Gasteiger partial charge on any atom is -0.303 e. The number of halogens is 1. The molecular formula is C21H28FNO2S. The van der Waals surface area contributed by atoms with Crippen molar-refractivity contribution in [2.24, 2.45) is 28.6 Å². The number of hydrogen-bond acceptors (Lipinski definition) is 4. The molecule has 3 rings (SSSR count). The SMILES string of the molecule is CC12CC(=O)C3C(F)(CCC(CS)[C@]3(C)CCC=O)C1CC/C2=C/C#N. The standard InChI is InChI=1S/C21H28FNO2S/c1-19(8-3-11-24)15(13-26)6-9-21(22)17-5-4-14(7-10-23)20(17,2)12-16(25)18(19)21/h7,11,15,17-18,26H,3-6,8-9,12-13H2,1-2H3/b14-7-/t15?,17?,18?,19-,20?,21?/m0/s1. The smallest absolute Gasteiger partial charge is 0.140 e. The predicted molar refractivity (Wildman–Crippen MR) is 101 cm³/mol. The van der Waals surface area contributed by atoms with Crippen LogP contribution in [0.1, 0.15) is 58.8 Å². The van der Waals surface area contributed by atoms with Crippen LogP contribution in [0.4, 0.5) is 4.39 Å². The highest BCUT2D eigenvalue weighted by Gasteiger charge is 2.69. The second-order valence-corrected chi connectivity index (χ2v) is 9.30. The topological polar surface area (TPSA) is 57.9 Å². The molecular weight excluding hydrogens is 349 g/mol. The lowest BCUT2D eigenvalue weighted by atomic mass is 9.45. The molecule has 0 saturated heterocycles. The molecule has 3 fully saturated rings. The third-order valence-corrected chi connectivity index (χ3v) is 8.30. The van der Waals surface area contributed by atoms with E-state index in [4.69, 9.17) is 5.26 Å². The van der Waals surface area contributed by atoms with E-state index in [1.165, 1.54) is 6.08 Å². The number of rotatable bonds is 4. The average Bonchev–Trinajstić information content (AvgIpc) is 2.90. The van der Waals surface area contributed by atoms with Gasteiger partial charge in [-0.15, -0.1) is 0 Å². The van der Waals surface area contributed by atoms with E-state index in [1.54, 1.807) is 0 Å². The molecule has 0 spiro atoms. The van der Waals surface area contributed by atoms with E-state index in [9.17, 15) is 9.59 Å². The monoisotopic (exact) mass is 377 g/mol. The third kappa shape index (κ3) is 2.59. The van der Waals surface area contributed by atoms with Gasteiger partial charge in [-0.1, -0.05) is 19.4 Å². The van der Waals surface area contributed by atoms with Gasteiger partial charge in [-0.25, -0.2) is 4.39 Å².